The molecular formula is C25H22N2O2. The monoisotopic (exact) mass is 382 g/mol. The molecule has 0 saturated carbocycles. The molecule has 0 bridgehead atoms. The van der Waals surface area contributed by atoms with Crippen molar-refractivity contribution in [2.75, 3.05) is 4.90 Å². The van der Waals surface area contributed by atoms with E-state index in [-0.39, 0.29) is 18.2 Å². The molecule has 0 spiro atoms. The zero-order chi connectivity index (χ0) is 20.0. The zero-order valence-corrected chi connectivity index (χ0v) is 16.3. The van der Waals surface area contributed by atoms with E-state index in [0.717, 1.165) is 40.2 Å². The van der Waals surface area contributed by atoms with Crippen molar-refractivity contribution in [3.05, 3.63) is 78.5 Å². The summed E-state index contributed by atoms with van der Waals surface area (Å²) in [5, 5.41) is 3.18. The molecule has 0 N–H and O–H groups in total. The van der Waals surface area contributed by atoms with E-state index in [2.05, 4.69) is 23.8 Å². The van der Waals surface area contributed by atoms with Crippen LogP contribution in [0.2, 0.25) is 0 Å². The van der Waals surface area contributed by atoms with Gasteiger partial charge in [0.15, 0.2) is 0 Å². The molecule has 5 rings (SSSR count). The minimum Gasteiger partial charge on any atom is -0.347 e. The highest BCUT2D eigenvalue weighted by Crippen LogP contribution is 2.38. The van der Waals surface area contributed by atoms with Crippen LogP contribution in [0.3, 0.4) is 0 Å². The SMILES string of the molecule is CCCn1cc([C@@H]2CC(=O)N(c3ccc4ccccc4c3)C2=O)c2ccccc21. The minimum absolute atomic E-state index is 0.135. The first-order valence-electron chi connectivity index (χ1n) is 10.1. The van der Waals surface area contributed by atoms with Gasteiger partial charge >= 0.3 is 0 Å². The van der Waals surface area contributed by atoms with Gasteiger partial charge in [0.25, 0.3) is 0 Å². The molecule has 4 heteroatoms. The van der Waals surface area contributed by atoms with E-state index in [1.165, 1.54) is 4.90 Å². The van der Waals surface area contributed by atoms with Crippen LogP contribution in [-0.2, 0) is 16.1 Å². The van der Waals surface area contributed by atoms with Gasteiger partial charge in [0.2, 0.25) is 11.8 Å². The maximum Gasteiger partial charge on any atom is 0.241 e. The molecule has 1 saturated heterocycles. The van der Waals surface area contributed by atoms with Gasteiger partial charge in [-0.2, -0.15) is 0 Å². The Kier molecular flexibility index (Phi) is 4.20. The van der Waals surface area contributed by atoms with Gasteiger partial charge in [-0.15, -0.1) is 0 Å². The molecule has 4 nitrogen and oxygen atoms in total. The first kappa shape index (κ1) is 17.7. The predicted octanol–water partition coefficient (Wildman–Crippen LogP) is 5.25. The average Bonchev–Trinajstić information content (AvgIpc) is 3.25. The number of benzene rings is 3. The predicted molar refractivity (Wildman–Crippen MR) is 116 cm³/mol. The van der Waals surface area contributed by atoms with Crippen molar-refractivity contribution < 1.29 is 9.59 Å². The summed E-state index contributed by atoms with van der Waals surface area (Å²) in [5.74, 6) is -0.704. The maximum atomic E-state index is 13.4. The molecule has 0 radical (unpaired) electrons. The summed E-state index contributed by atoms with van der Waals surface area (Å²) in [5.41, 5.74) is 2.72. The minimum atomic E-state index is -0.433. The van der Waals surface area contributed by atoms with Gasteiger partial charge < -0.3 is 4.57 Å². The van der Waals surface area contributed by atoms with E-state index >= 15 is 0 Å². The molecule has 1 aliphatic heterocycles. The molecule has 2 amide bonds. The van der Waals surface area contributed by atoms with Crippen LogP contribution < -0.4 is 4.90 Å². The Morgan fingerprint density at radius 2 is 1.69 bits per heavy atom. The maximum absolute atomic E-state index is 13.4. The topological polar surface area (TPSA) is 42.3 Å². The number of hydrogen-bond acceptors (Lipinski definition) is 2. The Bertz CT molecular complexity index is 1250. The normalized spacial score (nSPS) is 17.0. The number of carbonyl (C=O) groups is 2. The number of amides is 2. The van der Waals surface area contributed by atoms with Crippen LogP contribution in [0, 0.1) is 0 Å². The molecule has 0 unspecified atom stereocenters. The van der Waals surface area contributed by atoms with Crippen LogP contribution in [0.15, 0.2) is 72.9 Å². The van der Waals surface area contributed by atoms with Crippen molar-refractivity contribution >= 4 is 39.2 Å². The summed E-state index contributed by atoms with van der Waals surface area (Å²) >= 11 is 0. The number of rotatable bonds is 4. The van der Waals surface area contributed by atoms with Crippen LogP contribution in [0.1, 0.15) is 31.2 Å². The lowest BCUT2D eigenvalue weighted by molar-refractivity contribution is -0.121. The number of imide groups is 1. The van der Waals surface area contributed by atoms with Crippen LogP contribution in [0.5, 0.6) is 0 Å². The highest BCUT2D eigenvalue weighted by Gasteiger charge is 2.41. The quantitative estimate of drug-likeness (QED) is 0.452. The van der Waals surface area contributed by atoms with Crippen molar-refractivity contribution in [1.29, 1.82) is 0 Å². The number of fused-ring (bicyclic) bond motifs is 2. The van der Waals surface area contributed by atoms with E-state index in [1.807, 2.05) is 60.7 Å². The summed E-state index contributed by atoms with van der Waals surface area (Å²) in [6.07, 6.45) is 3.29. The van der Waals surface area contributed by atoms with E-state index in [0.29, 0.717) is 5.69 Å². The van der Waals surface area contributed by atoms with Crippen molar-refractivity contribution in [2.45, 2.75) is 32.2 Å². The van der Waals surface area contributed by atoms with Crippen LogP contribution in [0.4, 0.5) is 5.69 Å². The summed E-state index contributed by atoms with van der Waals surface area (Å²) in [7, 11) is 0. The van der Waals surface area contributed by atoms with Gasteiger partial charge in [0.05, 0.1) is 11.6 Å². The Hall–Kier alpha value is -3.40. The number of carbonyl (C=O) groups excluding carboxylic acids is 2. The third-order valence-electron chi connectivity index (χ3n) is 5.80. The third kappa shape index (κ3) is 2.83. The third-order valence-corrected chi connectivity index (χ3v) is 5.80. The van der Waals surface area contributed by atoms with E-state index in [1.54, 1.807) is 0 Å². The fourth-order valence-electron chi connectivity index (χ4n) is 4.44. The highest BCUT2D eigenvalue weighted by atomic mass is 16.2. The van der Waals surface area contributed by atoms with Gasteiger partial charge in [-0.1, -0.05) is 55.5 Å². The fraction of sp³-hybridized carbons (Fsp3) is 0.200. The molecular weight excluding hydrogens is 360 g/mol. The van der Waals surface area contributed by atoms with Gasteiger partial charge in [-0.25, -0.2) is 4.90 Å². The molecule has 2 heterocycles. The number of aromatic nitrogens is 1. The van der Waals surface area contributed by atoms with E-state index in [4.69, 9.17) is 0 Å². The van der Waals surface area contributed by atoms with Crippen molar-refractivity contribution in [2.24, 2.45) is 0 Å². The summed E-state index contributed by atoms with van der Waals surface area (Å²) in [6, 6.07) is 21.9. The second-order valence-electron chi connectivity index (χ2n) is 7.65. The number of nitrogens with zero attached hydrogens (tertiary/aromatic N) is 2. The molecule has 1 fully saturated rings. The van der Waals surface area contributed by atoms with Crippen molar-refractivity contribution in [1.82, 2.24) is 4.57 Å². The summed E-state index contributed by atoms with van der Waals surface area (Å²) in [4.78, 5) is 27.6. The Labute approximate surface area is 169 Å². The lowest BCUT2D eigenvalue weighted by atomic mass is 9.97. The number of anilines is 1. The standard InChI is InChI=1S/C25H22N2O2/c1-2-13-26-16-22(20-9-5-6-10-23(20)26)21-15-24(28)27(25(21)29)19-12-11-17-7-3-4-8-18(17)14-19/h3-12,14,16,21H,2,13,15H2,1H3/t21-/m0/s1. The van der Waals surface area contributed by atoms with Gasteiger partial charge in [0, 0.05) is 30.1 Å². The summed E-state index contributed by atoms with van der Waals surface area (Å²) < 4.78 is 2.20. The zero-order valence-electron chi connectivity index (χ0n) is 16.3. The molecule has 144 valence electrons. The molecule has 1 atom stereocenters. The molecule has 0 aliphatic carbocycles. The molecule has 1 aliphatic rings. The molecule has 4 aromatic rings. The average molecular weight is 382 g/mol. The first-order chi connectivity index (χ1) is 14.2. The molecule has 1 aromatic heterocycles. The van der Waals surface area contributed by atoms with Crippen LogP contribution >= 0.6 is 0 Å². The second kappa shape index (κ2) is 6.89. The second-order valence-corrected chi connectivity index (χ2v) is 7.65. The largest absolute Gasteiger partial charge is 0.347 e. The molecule has 3 aromatic carbocycles. The van der Waals surface area contributed by atoms with Gasteiger partial charge in [0.1, 0.15) is 0 Å². The smallest absolute Gasteiger partial charge is 0.241 e. The van der Waals surface area contributed by atoms with Crippen LogP contribution in [-0.4, -0.2) is 16.4 Å². The molecule has 29 heavy (non-hydrogen) atoms. The number of aryl methyl sites for hydroxylation is 1. The number of hydrogen-bond donors (Lipinski definition) is 0. The van der Waals surface area contributed by atoms with Crippen molar-refractivity contribution in [3.63, 3.8) is 0 Å². The van der Waals surface area contributed by atoms with Gasteiger partial charge in [-0.3, -0.25) is 9.59 Å². The highest BCUT2D eigenvalue weighted by molar-refractivity contribution is 6.23. The Morgan fingerprint density at radius 1 is 0.931 bits per heavy atom. The Morgan fingerprint density at radius 3 is 2.52 bits per heavy atom. The first-order valence-corrected chi connectivity index (χ1v) is 10.1. The van der Waals surface area contributed by atoms with Crippen LogP contribution in [0.25, 0.3) is 21.7 Å². The lowest BCUT2D eigenvalue weighted by Crippen LogP contribution is -2.29. The van der Waals surface area contributed by atoms with Crippen molar-refractivity contribution in [3.8, 4) is 0 Å². The summed E-state index contributed by atoms with van der Waals surface area (Å²) in [6.45, 7) is 3.03. The fourth-order valence-corrected chi connectivity index (χ4v) is 4.44. The Balaban J connectivity index is 1.56. The van der Waals surface area contributed by atoms with E-state index in [9.17, 15) is 9.59 Å². The lowest BCUT2D eigenvalue weighted by Gasteiger charge is -2.16. The van der Waals surface area contributed by atoms with Gasteiger partial charge in [-0.05, 0) is 41.0 Å². The van der Waals surface area contributed by atoms with E-state index < -0.39 is 5.92 Å². The number of para-hydroxylation sites is 1.